The Morgan fingerprint density at radius 1 is 1.20 bits per heavy atom. The second kappa shape index (κ2) is 5.79. The number of nitrogens with one attached hydrogen (secondary N) is 2. The fraction of sp³-hybridized carbons (Fsp3) is 0.0556. The van der Waals surface area contributed by atoms with Gasteiger partial charge in [-0.1, -0.05) is 12.1 Å². The number of hydrogen-bond acceptors (Lipinski definition) is 3. The average molecular weight is 334 g/mol. The lowest BCUT2D eigenvalue weighted by atomic mass is 10.1. The zero-order chi connectivity index (χ0) is 17.4. The summed E-state index contributed by atoms with van der Waals surface area (Å²) < 4.78 is 1.83. The van der Waals surface area contributed by atoms with Crippen molar-refractivity contribution >= 4 is 11.5 Å². The van der Waals surface area contributed by atoms with E-state index in [0.29, 0.717) is 11.9 Å². The summed E-state index contributed by atoms with van der Waals surface area (Å²) in [6, 6.07) is 8.58. The maximum Gasteiger partial charge on any atom is 0.335 e. The van der Waals surface area contributed by atoms with Crippen molar-refractivity contribution in [2.45, 2.75) is 6.42 Å². The first kappa shape index (κ1) is 14.9. The molecule has 0 radical (unpaired) electrons. The predicted molar refractivity (Wildman–Crippen MR) is 91.8 cm³/mol. The second-order valence-corrected chi connectivity index (χ2v) is 5.76. The van der Waals surface area contributed by atoms with E-state index in [0.717, 1.165) is 22.4 Å². The number of nitrogens with zero attached hydrogens (tertiary/aromatic N) is 2. The number of H-pyrrole nitrogens is 2. The van der Waals surface area contributed by atoms with Gasteiger partial charge in [-0.2, -0.15) is 5.10 Å². The van der Waals surface area contributed by atoms with Gasteiger partial charge in [0.15, 0.2) is 0 Å². The third-order valence-corrected chi connectivity index (χ3v) is 4.12. The molecule has 4 aromatic rings. The van der Waals surface area contributed by atoms with Gasteiger partial charge in [-0.05, 0) is 23.8 Å². The first-order valence-corrected chi connectivity index (χ1v) is 7.66. The monoisotopic (exact) mass is 334 g/mol. The number of carboxylic acid groups (broad SMARTS) is 1. The summed E-state index contributed by atoms with van der Waals surface area (Å²) in [6.07, 6.45) is 7.49. The van der Waals surface area contributed by atoms with E-state index in [1.165, 1.54) is 0 Å². The molecule has 3 heterocycles. The summed E-state index contributed by atoms with van der Waals surface area (Å²) in [7, 11) is 0. The van der Waals surface area contributed by atoms with E-state index in [-0.39, 0.29) is 11.1 Å². The molecule has 0 aliphatic rings. The summed E-state index contributed by atoms with van der Waals surface area (Å²) in [5, 5.41) is 15.8. The van der Waals surface area contributed by atoms with Gasteiger partial charge in [0.1, 0.15) is 5.52 Å². The molecule has 3 aromatic heterocycles. The normalized spacial score (nSPS) is 11.0. The van der Waals surface area contributed by atoms with Crippen molar-refractivity contribution in [3.63, 3.8) is 0 Å². The standard InChI is InChI=1S/C18H14N4O3/c23-17-16-6-13(14-7-20-21-8-14)10-22(16)15(9-19-17)5-11-2-1-3-12(4-11)18(24)25/h1-4,6-10H,5H2,(H,19,23)(H,20,21)(H,24,25). The number of fused-ring (bicyclic) bond motifs is 1. The highest BCUT2D eigenvalue weighted by molar-refractivity contribution is 5.87. The molecule has 0 fully saturated rings. The molecule has 7 heteroatoms. The van der Waals surface area contributed by atoms with E-state index in [1.54, 1.807) is 42.9 Å². The molecule has 0 amide bonds. The van der Waals surface area contributed by atoms with Crippen molar-refractivity contribution in [1.29, 1.82) is 0 Å². The molecular weight excluding hydrogens is 320 g/mol. The number of aromatic nitrogens is 4. The van der Waals surface area contributed by atoms with Crippen molar-refractivity contribution in [2.24, 2.45) is 0 Å². The topological polar surface area (TPSA) is 103 Å². The summed E-state index contributed by atoms with van der Waals surface area (Å²) in [6.45, 7) is 0. The van der Waals surface area contributed by atoms with Crippen LogP contribution >= 0.6 is 0 Å². The highest BCUT2D eigenvalue weighted by Gasteiger charge is 2.11. The number of rotatable bonds is 4. The van der Waals surface area contributed by atoms with Crippen LogP contribution in [-0.4, -0.2) is 30.7 Å². The minimum atomic E-state index is -0.961. The van der Waals surface area contributed by atoms with Crippen LogP contribution in [0, 0.1) is 0 Å². The highest BCUT2D eigenvalue weighted by atomic mass is 16.4. The van der Waals surface area contributed by atoms with Gasteiger partial charge < -0.3 is 14.5 Å². The summed E-state index contributed by atoms with van der Waals surface area (Å²) in [4.78, 5) is 26.0. The first-order valence-electron chi connectivity index (χ1n) is 7.66. The van der Waals surface area contributed by atoms with Crippen LogP contribution in [0.3, 0.4) is 0 Å². The number of aromatic amines is 2. The number of carboxylic acids is 1. The van der Waals surface area contributed by atoms with Gasteiger partial charge in [-0.3, -0.25) is 9.89 Å². The lowest BCUT2D eigenvalue weighted by Crippen LogP contribution is -2.11. The molecule has 25 heavy (non-hydrogen) atoms. The molecule has 3 N–H and O–H groups in total. The van der Waals surface area contributed by atoms with Crippen molar-refractivity contribution < 1.29 is 9.90 Å². The average Bonchev–Trinajstić information content (AvgIpc) is 3.27. The van der Waals surface area contributed by atoms with Crippen LogP contribution in [0.5, 0.6) is 0 Å². The Morgan fingerprint density at radius 3 is 2.84 bits per heavy atom. The molecule has 0 unspecified atom stereocenters. The van der Waals surface area contributed by atoms with Crippen molar-refractivity contribution in [1.82, 2.24) is 19.6 Å². The third kappa shape index (κ3) is 2.72. The third-order valence-electron chi connectivity index (χ3n) is 4.12. The number of hydrogen-bond donors (Lipinski definition) is 3. The fourth-order valence-corrected chi connectivity index (χ4v) is 2.89. The molecular formula is C18H14N4O3. The molecule has 124 valence electrons. The molecule has 0 saturated carbocycles. The first-order chi connectivity index (χ1) is 12.1. The van der Waals surface area contributed by atoms with Crippen LogP contribution in [0.4, 0.5) is 0 Å². The lowest BCUT2D eigenvalue weighted by Gasteiger charge is -2.06. The number of aromatic carboxylic acids is 1. The van der Waals surface area contributed by atoms with Gasteiger partial charge in [0.05, 0.1) is 11.8 Å². The van der Waals surface area contributed by atoms with Crippen LogP contribution in [0.25, 0.3) is 16.6 Å². The number of carbonyl (C=O) groups is 1. The van der Waals surface area contributed by atoms with E-state index in [4.69, 9.17) is 5.11 Å². The van der Waals surface area contributed by atoms with Crippen LogP contribution in [0.2, 0.25) is 0 Å². The zero-order valence-electron chi connectivity index (χ0n) is 13.1. The molecule has 0 spiro atoms. The Morgan fingerprint density at radius 2 is 2.08 bits per heavy atom. The highest BCUT2D eigenvalue weighted by Crippen LogP contribution is 2.21. The minimum absolute atomic E-state index is 0.183. The number of benzene rings is 1. The van der Waals surface area contributed by atoms with E-state index >= 15 is 0 Å². The fourth-order valence-electron chi connectivity index (χ4n) is 2.89. The molecule has 0 saturated heterocycles. The Hall–Kier alpha value is -3.61. The van der Waals surface area contributed by atoms with Gasteiger partial charge in [-0.15, -0.1) is 0 Å². The van der Waals surface area contributed by atoms with Crippen molar-refractivity contribution in [3.05, 3.63) is 82.3 Å². The Kier molecular flexibility index (Phi) is 3.46. The Bertz CT molecular complexity index is 1120. The lowest BCUT2D eigenvalue weighted by molar-refractivity contribution is 0.0696. The summed E-state index contributed by atoms with van der Waals surface area (Å²) >= 11 is 0. The van der Waals surface area contributed by atoms with E-state index < -0.39 is 5.97 Å². The molecule has 7 nitrogen and oxygen atoms in total. The van der Waals surface area contributed by atoms with Crippen LogP contribution in [0.15, 0.2) is 59.9 Å². The van der Waals surface area contributed by atoms with E-state index in [2.05, 4.69) is 15.2 Å². The minimum Gasteiger partial charge on any atom is -0.478 e. The van der Waals surface area contributed by atoms with Gasteiger partial charge in [0.2, 0.25) is 0 Å². The predicted octanol–water partition coefficient (Wildman–Crippen LogP) is 2.31. The van der Waals surface area contributed by atoms with Gasteiger partial charge in [0.25, 0.3) is 5.56 Å². The Labute approximate surface area is 141 Å². The molecule has 4 rings (SSSR count). The zero-order valence-corrected chi connectivity index (χ0v) is 13.1. The Balaban J connectivity index is 1.80. The maximum absolute atomic E-state index is 12.1. The van der Waals surface area contributed by atoms with Crippen molar-refractivity contribution in [3.8, 4) is 11.1 Å². The molecule has 0 aliphatic carbocycles. The van der Waals surface area contributed by atoms with Gasteiger partial charge >= 0.3 is 5.97 Å². The van der Waals surface area contributed by atoms with Gasteiger partial charge in [-0.25, -0.2) is 4.79 Å². The van der Waals surface area contributed by atoms with E-state index in [9.17, 15) is 9.59 Å². The van der Waals surface area contributed by atoms with Crippen molar-refractivity contribution in [2.75, 3.05) is 0 Å². The largest absolute Gasteiger partial charge is 0.478 e. The summed E-state index contributed by atoms with van der Waals surface area (Å²) in [5.41, 5.74) is 4.07. The van der Waals surface area contributed by atoms with E-state index in [1.807, 2.05) is 16.7 Å². The molecule has 1 aromatic carbocycles. The molecule has 0 atom stereocenters. The second-order valence-electron chi connectivity index (χ2n) is 5.76. The SMILES string of the molecule is O=C(O)c1cccc(Cc2c[nH]c(=O)c3cc(-c4cn[nH]c4)cn23)c1. The van der Waals surface area contributed by atoms with Crippen LogP contribution < -0.4 is 5.56 Å². The van der Waals surface area contributed by atoms with Gasteiger partial charge in [0, 0.05) is 41.8 Å². The maximum atomic E-state index is 12.1. The summed E-state index contributed by atoms with van der Waals surface area (Å²) in [5.74, 6) is -0.961. The van der Waals surface area contributed by atoms with Crippen LogP contribution in [0.1, 0.15) is 21.6 Å². The smallest absolute Gasteiger partial charge is 0.335 e. The van der Waals surface area contributed by atoms with Crippen LogP contribution in [-0.2, 0) is 6.42 Å². The quantitative estimate of drug-likeness (QED) is 0.533. The molecule has 0 aliphatic heterocycles. The molecule has 0 bridgehead atoms.